The summed E-state index contributed by atoms with van der Waals surface area (Å²) in [6.07, 6.45) is -0.0160. The van der Waals surface area contributed by atoms with E-state index in [2.05, 4.69) is 10.6 Å². The molecule has 0 aliphatic heterocycles. The van der Waals surface area contributed by atoms with E-state index in [0.29, 0.717) is 11.3 Å². The second kappa shape index (κ2) is 7.36. The van der Waals surface area contributed by atoms with E-state index in [-0.39, 0.29) is 23.9 Å². The molecule has 1 aromatic carbocycles. The summed E-state index contributed by atoms with van der Waals surface area (Å²) >= 11 is 5.91. The van der Waals surface area contributed by atoms with E-state index >= 15 is 0 Å². The average molecular weight is 296 g/mol. The third kappa shape index (κ3) is 5.16. The van der Waals surface area contributed by atoms with Gasteiger partial charge in [-0.2, -0.15) is 5.26 Å². The monoisotopic (exact) mass is 295 g/mol. The third-order valence-electron chi connectivity index (χ3n) is 2.48. The molecule has 0 aliphatic carbocycles. The van der Waals surface area contributed by atoms with E-state index in [4.69, 9.17) is 22.0 Å². The highest BCUT2D eigenvalue weighted by Gasteiger charge is 2.10. The van der Waals surface area contributed by atoms with Gasteiger partial charge in [0.15, 0.2) is 0 Å². The summed E-state index contributed by atoms with van der Waals surface area (Å²) in [5, 5.41) is 22.6. The highest BCUT2D eigenvalue weighted by molar-refractivity contribution is 6.33. The molecule has 0 saturated heterocycles. The molecule has 0 heterocycles. The normalized spacial score (nSPS) is 11.2. The van der Waals surface area contributed by atoms with Crippen molar-refractivity contribution in [3.63, 3.8) is 0 Å². The van der Waals surface area contributed by atoms with E-state index in [1.807, 2.05) is 6.07 Å². The minimum Gasteiger partial charge on any atom is -0.481 e. The van der Waals surface area contributed by atoms with Gasteiger partial charge in [0.2, 0.25) is 0 Å². The van der Waals surface area contributed by atoms with Gasteiger partial charge in [-0.3, -0.25) is 4.79 Å². The number of amides is 2. The lowest BCUT2D eigenvalue weighted by Crippen LogP contribution is -2.33. The molecule has 1 rings (SSSR count). The van der Waals surface area contributed by atoms with Crippen molar-refractivity contribution in [3.05, 3.63) is 28.8 Å². The fourth-order valence-corrected chi connectivity index (χ4v) is 1.72. The molecule has 0 radical (unpaired) electrons. The Balaban J connectivity index is 2.51. The summed E-state index contributed by atoms with van der Waals surface area (Å²) in [5.74, 6) is -1.08. The number of hydrogen-bond acceptors (Lipinski definition) is 3. The van der Waals surface area contributed by atoms with Crippen LogP contribution in [0.3, 0.4) is 0 Å². The van der Waals surface area contributed by atoms with Crippen molar-refractivity contribution in [2.45, 2.75) is 13.3 Å². The van der Waals surface area contributed by atoms with Crippen LogP contribution in [0.4, 0.5) is 10.5 Å². The summed E-state index contributed by atoms with van der Waals surface area (Å²) in [4.78, 5) is 22.1. The number of nitrogens with zero attached hydrogens (tertiary/aromatic N) is 1. The number of carboxylic acid groups (broad SMARTS) is 1. The van der Waals surface area contributed by atoms with E-state index < -0.39 is 12.0 Å². The Kier molecular flexibility index (Phi) is 5.81. The molecule has 0 saturated carbocycles. The molecule has 2 amide bonds. The van der Waals surface area contributed by atoms with Crippen molar-refractivity contribution < 1.29 is 14.7 Å². The standard InChI is InChI=1S/C13H14ClN3O3/c1-8(4-12(18)19)7-16-13(20)17-11-3-2-9(6-15)5-10(11)14/h2-3,5,8H,4,7H2,1H3,(H,18,19)(H2,16,17,20). The van der Waals surface area contributed by atoms with Crippen LogP contribution in [-0.2, 0) is 4.79 Å². The van der Waals surface area contributed by atoms with Crippen molar-refractivity contribution in [1.82, 2.24) is 5.32 Å². The number of anilines is 1. The third-order valence-corrected chi connectivity index (χ3v) is 2.79. The molecule has 0 aromatic heterocycles. The Hall–Kier alpha value is -2.26. The van der Waals surface area contributed by atoms with Crippen molar-refractivity contribution in [1.29, 1.82) is 5.26 Å². The van der Waals surface area contributed by atoms with Gasteiger partial charge < -0.3 is 15.7 Å². The maximum absolute atomic E-state index is 11.6. The first-order valence-electron chi connectivity index (χ1n) is 5.88. The van der Waals surface area contributed by atoms with Crippen molar-refractivity contribution >= 4 is 29.3 Å². The Morgan fingerprint density at radius 1 is 1.50 bits per heavy atom. The molecule has 0 bridgehead atoms. The Morgan fingerprint density at radius 2 is 2.20 bits per heavy atom. The maximum Gasteiger partial charge on any atom is 0.319 e. The molecule has 1 unspecified atom stereocenters. The molecule has 20 heavy (non-hydrogen) atoms. The fraction of sp³-hybridized carbons (Fsp3) is 0.308. The molecular formula is C13H14ClN3O3. The second-order valence-electron chi connectivity index (χ2n) is 4.34. The van der Waals surface area contributed by atoms with Gasteiger partial charge in [0.05, 0.1) is 22.3 Å². The molecule has 0 fully saturated rings. The minimum atomic E-state index is -0.908. The SMILES string of the molecule is CC(CNC(=O)Nc1ccc(C#N)cc1Cl)CC(=O)O. The van der Waals surface area contributed by atoms with Crippen LogP contribution in [0.25, 0.3) is 0 Å². The smallest absolute Gasteiger partial charge is 0.319 e. The number of rotatable bonds is 5. The van der Waals surface area contributed by atoms with Crippen LogP contribution in [0.15, 0.2) is 18.2 Å². The van der Waals surface area contributed by atoms with E-state index in [9.17, 15) is 9.59 Å². The van der Waals surface area contributed by atoms with E-state index in [1.54, 1.807) is 6.92 Å². The largest absolute Gasteiger partial charge is 0.481 e. The number of halogens is 1. The van der Waals surface area contributed by atoms with Gasteiger partial charge in [0, 0.05) is 13.0 Å². The number of carbonyl (C=O) groups excluding carboxylic acids is 1. The van der Waals surface area contributed by atoms with E-state index in [0.717, 1.165) is 0 Å². The summed E-state index contributed by atoms with van der Waals surface area (Å²) in [6.45, 7) is 1.97. The van der Waals surface area contributed by atoms with Gasteiger partial charge in [-0.25, -0.2) is 4.79 Å². The summed E-state index contributed by atoms with van der Waals surface area (Å²) in [5.41, 5.74) is 0.782. The molecule has 1 atom stereocenters. The highest BCUT2D eigenvalue weighted by atomic mass is 35.5. The Bertz CT molecular complexity index is 554. The molecular weight excluding hydrogens is 282 g/mol. The minimum absolute atomic E-state index is 0.0160. The first-order chi connectivity index (χ1) is 9.42. The quantitative estimate of drug-likeness (QED) is 0.776. The summed E-state index contributed by atoms with van der Waals surface area (Å²) in [6, 6.07) is 5.97. The van der Waals surface area contributed by atoms with Crippen LogP contribution in [0.2, 0.25) is 5.02 Å². The Morgan fingerprint density at radius 3 is 2.75 bits per heavy atom. The van der Waals surface area contributed by atoms with Crippen LogP contribution in [-0.4, -0.2) is 23.7 Å². The van der Waals surface area contributed by atoms with Gasteiger partial charge >= 0.3 is 12.0 Å². The number of carboxylic acids is 1. The molecule has 106 valence electrons. The first-order valence-corrected chi connectivity index (χ1v) is 6.26. The van der Waals surface area contributed by atoms with Crippen molar-refractivity contribution in [2.75, 3.05) is 11.9 Å². The molecule has 0 aliphatic rings. The van der Waals surface area contributed by atoms with Crippen molar-refractivity contribution in [3.8, 4) is 6.07 Å². The number of benzene rings is 1. The predicted octanol–water partition coefficient (Wildman–Crippen LogP) is 2.44. The molecule has 0 spiro atoms. The van der Waals surface area contributed by atoms with Crippen molar-refractivity contribution in [2.24, 2.45) is 5.92 Å². The number of nitriles is 1. The first kappa shape index (κ1) is 15.8. The van der Waals surface area contributed by atoms with Gasteiger partial charge in [-0.05, 0) is 24.1 Å². The zero-order valence-electron chi connectivity index (χ0n) is 10.8. The maximum atomic E-state index is 11.6. The lowest BCUT2D eigenvalue weighted by atomic mass is 10.1. The lowest BCUT2D eigenvalue weighted by molar-refractivity contribution is -0.137. The number of urea groups is 1. The van der Waals surface area contributed by atoms with Crippen LogP contribution in [0.5, 0.6) is 0 Å². The highest BCUT2D eigenvalue weighted by Crippen LogP contribution is 2.22. The molecule has 7 heteroatoms. The molecule has 3 N–H and O–H groups in total. The lowest BCUT2D eigenvalue weighted by Gasteiger charge is -2.12. The van der Waals surface area contributed by atoms with Crippen LogP contribution in [0, 0.1) is 17.2 Å². The average Bonchev–Trinajstić information content (AvgIpc) is 2.38. The number of carbonyl (C=O) groups is 2. The zero-order chi connectivity index (χ0) is 15.1. The fourth-order valence-electron chi connectivity index (χ4n) is 1.49. The summed E-state index contributed by atoms with van der Waals surface area (Å²) < 4.78 is 0. The van der Waals surface area contributed by atoms with Crippen LogP contribution < -0.4 is 10.6 Å². The van der Waals surface area contributed by atoms with Crippen LogP contribution in [0.1, 0.15) is 18.9 Å². The summed E-state index contributed by atoms with van der Waals surface area (Å²) in [7, 11) is 0. The number of aliphatic carboxylic acids is 1. The van der Waals surface area contributed by atoms with Gasteiger partial charge in [-0.15, -0.1) is 0 Å². The predicted molar refractivity (Wildman–Crippen MR) is 74.6 cm³/mol. The topological polar surface area (TPSA) is 102 Å². The molecule has 1 aromatic rings. The van der Waals surface area contributed by atoms with Gasteiger partial charge in [-0.1, -0.05) is 18.5 Å². The Labute approximate surface area is 121 Å². The van der Waals surface area contributed by atoms with Gasteiger partial charge in [0.25, 0.3) is 0 Å². The second-order valence-corrected chi connectivity index (χ2v) is 4.75. The van der Waals surface area contributed by atoms with Gasteiger partial charge in [0.1, 0.15) is 0 Å². The van der Waals surface area contributed by atoms with Crippen LogP contribution >= 0.6 is 11.6 Å². The number of hydrogen-bond donors (Lipinski definition) is 3. The van der Waals surface area contributed by atoms with E-state index in [1.165, 1.54) is 18.2 Å². The number of nitrogens with one attached hydrogen (secondary N) is 2. The zero-order valence-corrected chi connectivity index (χ0v) is 11.6. The molecule has 6 nitrogen and oxygen atoms in total.